The van der Waals surface area contributed by atoms with Crippen molar-refractivity contribution in [2.45, 2.75) is 19.4 Å². The predicted molar refractivity (Wildman–Crippen MR) is 114 cm³/mol. The highest BCUT2D eigenvalue weighted by Gasteiger charge is 2.45. The lowest BCUT2D eigenvalue weighted by molar-refractivity contribution is -0.140. The molecular weight excluding hydrogens is 382 g/mol. The molecule has 2 aromatic rings. The molecule has 1 saturated heterocycles. The minimum atomic E-state index is -0.681. The number of amides is 1. The number of likely N-dealkylation sites (tertiary alicyclic amines) is 1. The Bertz CT molecular complexity index is 923. The first-order valence-electron chi connectivity index (χ1n) is 10.00. The fourth-order valence-electron chi connectivity index (χ4n) is 3.40. The normalized spacial score (nSPS) is 18.3. The van der Waals surface area contributed by atoms with E-state index in [0.29, 0.717) is 31.0 Å². The van der Waals surface area contributed by atoms with Gasteiger partial charge in [0.05, 0.1) is 18.2 Å². The van der Waals surface area contributed by atoms with E-state index in [2.05, 4.69) is 4.98 Å². The van der Waals surface area contributed by atoms with E-state index in [1.165, 1.54) is 4.90 Å². The molecule has 0 radical (unpaired) electrons. The Morgan fingerprint density at radius 3 is 2.40 bits per heavy atom. The highest BCUT2D eigenvalue weighted by Crippen LogP contribution is 2.39. The fourth-order valence-corrected chi connectivity index (χ4v) is 3.40. The van der Waals surface area contributed by atoms with Gasteiger partial charge in [-0.25, -0.2) is 0 Å². The molecular formula is C23H27N3O4. The molecule has 1 aliphatic heterocycles. The monoisotopic (exact) mass is 409 g/mol. The minimum Gasteiger partial charge on any atom is -0.507 e. The molecule has 7 heteroatoms. The van der Waals surface area contributed by atoms with E-state index in [9.17, 15) is 14.7 Å². The maximum atomic E-state index is 12.9. The standard InChI is InChI=1S/C23H27N3O4/c1-4-15-30-18-7-5-17(6-8-18)21(27)19-20(16-9-11-24-12-10-16)26(14-13-25(2)3)23(29)22(19)28/h5-12,20,27H,4,13-15H2,1-3H3. The van der Waals surface area contributed by atoms with Crippen molar-refractivity contribution in [2.24, 2.45) is 0 Å². The van der Waals surface area contributed by atoms with Crippen LogP contribution >= 0.6 is 0 Å². The zero-order chi connectivity index (χ0) is 21.7. The number of aliphatic hydroxyl groups is 1. The van der Waals surface area contributed by atoms with Crippen LogP contribution in [-0.4, -0.2) is 65.4 Å². The number of Topliss-reactive ketones (excluding diaryl/α,β-unsaturated/α-hetero) is 1. The molecule has 1 N–H and O–H groups in total. The van der Waals surface area contributed by atoms with Crippen LogP contribution < -0.4 is 4.74 Å². The zero-order valence-corrected chi connectivity index (χ0v) is 17.5. The summed E-state index contributed by atoms with van der Waals surface area (Å²) in [6, 6.07) is 9.73. The Hall–Kier alpha value is -3.19. The van der Waals surface area contributed by atoms with E-state index in [4.69, 9.17) is 4.74 Å². The molecule has 0 saturated carbocycles. The summed E-state index contributed by atoms with van der Waals surface area (Å²) in [5.74, 6) is -0.794. The molecule has 2 heterocycles. The fraction of sp³-hybridized carbons (Fsp3) is 0.348. The maximum absolute atomic E-state index is 12.9. The van der Waals surface area contributed by atoms with Gasteiger partial charge in [-0.2, -0.15) is 0 Å². The molecule has 1 unspecified atom stereocenters. The van der Waals surface area contributed by atoms with Gasteiger partial charge in [0.1, 0.15) is 11.5 Å². The number of ketones is 1. The van der Waals surface area contributed by atoms with Crippen LogP contribution in [0.5, 0.6) is 5.75 Å². The van der Waals surface area contributed by atoms with E-state index in [1.54, 1.807) is 48.8 Å². The largest absolute Gasteiger partial charge is 0.507 e. The van der Waals surface area contributed by atoms with Gasteiger partial charge in [-0.05, 0) is 62.5 Å². The summed E-state index contributed by atoms with van der Waals surface area (Å²) in [4.78, 5) is 33.2. The lowest BCUT2D eigenvalue weighted by atomic mass is 9.96. The average Bonchev–Trinajstić information content (AvgIpc) is 3.01. The van der Waals surface area contributed by atoms with Gasteiger partial charge < -0.3 is 19.6 Å². The van der Waals surface area contributed by atoms with Crippen molar-refractivity contribution in [3.63, 3.8) is 0 Å². The lowest BCUT2D eigenvalue weighted by Crippen LogP contribution is -2.35. The summed E-state index contributed by atoms with van der Waals surface area (Å²) in [7, 11) is 3.81. The van der Waals surface area contributed by atoms with Crippen molar-refractivity contribution in [1.82, 2.24) is 14.8 Å². The number of carbonyl (C=O) groups excluding carboxylic acids is 2. The van der Waals surface area contributed by atoms with Crippen molar-refractivity contribution >= 4 is 17.4 Å². The van der Waals surface area contributed by atoms with Gasteiger partial charge in [0.25, 0.3) is 11.7 Å². The first-order valence-corrected chi connectivity index (χ1v) is 10.00. The Balaban J connectivity index is 2.03. The first-order chi connectivity index (χ1) is 14.4. The number of pyridine rings is 1. The summed E-state index contributed by atoms with van der Waals surface area (Å²) >= 11 is 0. The van der Waals surface area contributed by atoms with E-state index < -0.39 is 17.7 Å². The van der Waals surface area contributed by atoms with Crippen LogP contribution in [0.3, 0.4) is 0 Å². The third kappa shape index (κ3) is 4.52. The minimum absolute atomic E-state index is 0.0900. The molecule has 1 atom stereocenters. The zero-order valence-electron chi connectivity index (χ0n) is 17.5. The molecule has 1 aliphatic rings. The second-order valence-corrected chi connectivity index (χ2v) is 7.45. The summed E-state index contributed by atoms with van der Waals surface area (Å²) < 4.78 is 5.58. The Kier molecular flexibility index (Phi) is 6.84. The molecule has 1 aromatic heterocycles. The van der Waals surface area contributed by atoms with E-state index in [-0.39, 0.29) is 11.3 Å². The van der Waals surface area contributed by atoms with Crippen molar-refractivity contribution in [3.05, 3.63) is 65.5 Å². The van der Waals surface area contributed by atoms with Crippen molar-refractivity contribution in [3.8, 4) is 5.75 Å². The molecule has 158 valence electrons. The van der Waals surface area contributed by atoms with E-state index >= 15 is 0 Å². The first kappa shape index (κ1) is 21.5. The van der Waals surface area contributed by atoms with Crippen LogP contribution in [0.2, 0.25) is 0 Å². The number of hydrogen-bond donors (Lipinski definition) is 1. The topological polar surface area (TPSA) is 83.0 Å². The number of nitrogens with zero attached hydrogens (tertiary/aromatic N) is 3. The Labute approximate surface area is 176 Å². The maximum Gasteiger partial charge on any atom is 0.295 e. The molecule has 1 fully saturated rings. The van der Waals surface area contributed by atoms with Crippen LogP contribution in [0.15, 0.2) is 54.4 Å². The van der Waals surface area contributed by atoms with Gasteiger partial charge in [0.2, 0.25) is 0 Å². The molecule has 7 nitrogen and oxygen atoms in total. The Morgan fingerprint density at radius 2 is 1.80 bits per heavy atom. The quantitative estimate of drug-likeness (QED) is 0.410. The van der Waals surface area contributed by atoms with Gasteiger partial charge in [-0.15, -0.1) is 0 Å². The van der Waals surface area contributed by atoms with Gasteiger partial charge in [0.15, 0.2) is 0 Å². The summed E-state index contributed by atoms with van der Waals surface area (Å²) in [6.07, 6.45) is 4.12. The van der Waals surface area contributed by atoms with Crippen LogP contribution in [0.4, 0.5) is 0 Å². The molecule has 1 aromatic carbocycles. The van der Waals surface area contributed by atoms with Crippen molar-refractivity contribution in [2.75, 3.05) is 33.8 Å². The van der Waals surface area contributed by atoms with E-state index in [0.717, 1.165) is 12.0 Å². The number of likely N-dealkylation sites (N-methyl/N-ethyl adjacent to an activating group) is 1. The molecule has 0 aliphatic carbocycles. The van der Waals surface area contributed by atoms with Crippen LogP contribution in [-0.2, 0) is 9.59 Å². The van der Waals surface area contributed by atoms with Crippen LogP contribution in [0.25, 0.3) is 5.76 Å². The highest BCUT2D eigenvalue weighted by molar-refractivity contribution is 6.46. The lowest BCUT2D eigenvalue weighted by Gasteiger charge is -2.26. The van der Waals surface area contributed by atoms with Gasteiger partial charge in [-0.3, -0.25) is 14.6 Å². The molecule has 3 rings (SSSR count). The number of hydrogen-bond acceptors (Lipinski definition) is 6. The SMILES string of the molecule is CCCOc1ccc(C(O)=C2C(=O)C(=O)N(CCN(C)C)C2c2ccncc2)cc1. The molecule has 0 spiro atoms. The average molecular weight is 409 g/mol. The highest BCUT2D eigenvalue weighted by atomic mass is 16.5. The molecule has 1 amide bonds. The molecule has 30 heavy (non-hydrogen) atoms. The van der Waals surface area contributed by atoms with Crippen LogP contribution in [0.1, 0.15) is 30.5 Å². The summed E-state index contributed by atoms with van der Waals surface area (Å²) in [5.41, 5.74) is 1.28. The van der Waals surface area contributed by atoms with Gasteiger partial charge >= 0.3 is 0 Å². The second kappa shape index (κ2) is 9.54. The number of benzene rings is 1. The van der Waals surface area contributed by atoms with Crippen molar-refractivity contribution < 1.29 is 19.4 Å². The summed E-state index contributed by atoms with van der Waals surface area (Å²) in [5, 5.41) is 11.0. The Morgan fingerprint density at radius 1 is 1.13 bits per heavy atom. The molecule has 0 bridgehead atoms. The number of ether oxygens (including phenoxy) is 1. The number of aliphatic hydroxyl groups excluding tert-OH is 1. The van der Waals surface area contributed by atoms with Crippen molar-refractivity contribution in [1.29, 1.82) is 0 Å². The van der Waals surface area contributed by atoms with Crippen LogP contribution in [0, 0.1) is 0 Å². The van der Waals surface area contributed by atoms with E-state index in [1.807, 2.05) is 25.9 Å². The van der Waals surface area contributed by atoms with Gasteiger partial charge in [0, 0.05) is 31.0 Å². The third-order valence-corrected chi connectivity index (χ3v) is 4.95. The predicted octanol–water partition coefficient (Wildman–Crippen LogP) is 2.85. The van der Waals surface area contributed by atoms with Gasteiger partial charge in [-0.1, -0.05) is 6.92 Å². The number of rotatable bonds is 8. The smallest absolute Gasteiger partial charge is 0.295 e. The summed E-state index contributed by atoms with van der Waals surface area (Å²) in [6.45, 7) is 3.59. The second-order valence-electron chi connectivity index (χ2n) is 7.45. The number of aromatic nitrogens is 1. The number of carbonyl (C=O) groups is 2. The third-order valence-electron chi connectivity index (χ3n) is 4.95.